The van der Waals surface area contributed by atoms with E-state index in [1.165, 1.54) is 41.2 Å². The van der Waals surface area contributed by atoms with E-state index in [2.05, 4.69) is 12.1 Å². The standard InChI is InChI=1S/C35H25N3O6S/c1-43-26-16-11-23(12-17-26)32-29-18-13-22-5-2-3-8-28(22)31(29)36-35-37(32)33(39)30(45-35)19-21-9-14-27(15-10-21)44-34(40)24-6-4-7-25(20-24)38(41)42/h2-12,14-17,19-20,32H,13,18H2,1H3/b30-19+/t32-/m1/s1. The summed E-state index contributed by atoms with van der Waals surface area (Å²) in [5, 5.41) is 11.1. The zero-order valence-corrected chi connectivity index (χ0v) is 24.8. The minimum absolute atomic E-state index is 0.0751. The fourth-order valence-electron chi connectivity index (χ4n) is 5.80. The number of thiazole rings is 1. The minimum Gasteiger partial charge on any atom is -0.497 e. The average molecular weight is 616 g/mol. The number of carbonyl (C=O) groups excluding carboxylic acids is 1. The van der Waals surface area contributed by atoms with Crippen LogP contribution >= 0.6 is 11.3 Å². The fourth-order valence-corrected chi connectivity index (χ4v) is 6.81. The summed E-state index contributed by atoms with van der Waals surface area (Å²) in [4.78, 5) is 42.7. The first kappa shape index (κ1) is 28.2. The molecule has 0 fully saturated rings. The summed E-state index contributed by atoms with van der Waals surface area (Å²) in [6.07, 6.45) is 3.48. The van der Waals surface area contributed by atoms with Gasteiger partial charge in [-0.15, -0.1) is 0 Å². The third-order valence-corrected chi connectivity index (χ3v) is 8.97. The summed E-state index contributed by atoms with van der Waals surface area (Å²) < 4.78 is 13.1. The Morgan fingerprint density at radius 1 is 0.978 bits per heavy atom. The molecule has 0 spiro atoms. The summed E-state index contributed by atoms with van der Waals surface area (Å²) >= 11 is 1.34. The van der Waals surface area contributed by atoms with Crippen molar-refractivity contribution in [2.75, 3.05) is 7.11 Å². The highest BCUT2D eigenvalue weighted by Crippen LogP contribution is 2.41. The van der Waals surface area contributed by atoms with Crippen molar-refractivity contribution in [2.24, 2.45) is 4.99 Å². The summed E-state index contributed by atoms with van der Waals surface area (Å²) in [5.74, 6) is 0.313. The molecule has 10 heteroatoms. The van der Waals surface area contributed by atoms with Crippen LogP contribution in [0.1, 0.15) is 45.1 Å². The lowest BCUT2D eigenvalue weighted by Gasteiger charge is -2.30. The number of hydrogen-bond acceptors (Lipinski definition) is 8. The number of hydrogen-bond donors (Lipinski definition) is 0. The fraction of sp³-hybridized carbons (Fsp3) is 0.114. The van der Waals surface area contributed by atoms with E-state index in [9.17, 15) is 19.7 Å². The third kappa shape index (κ3) is 5.25. The van der Waals surface area contributed by atoms with E-state index >= 15 is 0 Å². The smallest absolute Gasteiger partial charge is 0.343 e. The van der Waals surface area contributed by atoms with E-state index in [4.69, 9.17) is 14.5 Å². The molecular formula is C35H25N3O6S. The SMILES string of the molecule is COc1ccc([C@@H]2C3=C(N=c4s/c(=C/c5ccc(OC(=O)c6cccc([N+](=O)[O-])c6)cc5)c(=O)n42)c2ccccc2CC3)cc1. The van der Waals surface area contributed by atoms with Gasteiger partial charge in [0.25, 0.3) is 11.2 Å². The molecule has 7 rings (SSSR count). The number of esters is 1. The molecule has 0 bridgehead atoms. The molecule has 222 valence electrons. The van der Waals surface area contributed by atoms with Crippen molar-refractivity contribution in [3.63, 3.8) is 0 Å². The van der Waals surface area contributed by atoms with Gasteiger partial charge in [-0.3, -0.25) is 19.5 Å². The Morgan fingerprint density at radius 2 is 1.73 bits per heavy atom. The van der Waals surface area contributed by atoms with Gasteiger partial charge < -0.3 is 9.47 Å². The Hall–Kier alpha value is -5.61. The van der Waals surface area contributed by atoms with Crippen molar-refractivity contribution in [3.05, 3.63) is 160 Å². The van der Waals surface area contributed by atoms with E-state index in [0.717, 1.165) is 46.6 Å². The number of non-ortho nitro benzene ring substituents is 1. The Bertz CT molecular complexity index is 2200. The number of nitro groups is 1. The van der Waals surface area contributed by atoms with Crippen molar-refractivity contribution in [1.29, 1.82) is 0 Å². The number of nitrogens with zero attached hydrogens (tertiary/aromatic N) is 3. The molecule has 0 N–H and O–H groups in total. The van der Waals surface area contributed by atoms with Crippen molar-refractivity contribution < 1.29 is 19.2 Å². The highest BCUT2D eigenvalue weighted by Gasteiger charge is 2.32. The summed E-state index contributed by atoms with van der Waals surface area (Å²) in [7, 11) is 1.63. The maximum atomic E-state index is 14.0. The molecule has 0 radical (unpaired) electrons. The van der Waals surface area contributed by atoms with Gasteiger partial charge in [-0.25, -0.2) is 9.79 Å². The molecule has 0 saturated heterocycles. The number of methoxy groups -OCH3 is 1. The van der Waals surface area contributed by atoms with E-state index in [1.807, 2.05) is 36.4 Å². The molecule has 2 heterocycles. The third-order valence-electron chi connectivity index (χ3n) is 7.99. The van der Waals surface area contributed by atoms with Crippen LogP contribution in [0.5, 0.6) is 11.5 Å². The molecule has 1 aromatic heterocycles. The highest BCUT2D eigenvalue weighted by atomic mass is 32.1. The molecule has 5 aromatic rings. The number of fused-ring (bicyclic) bond motifs is 3. The van der Waals surface area contributed by atoms with Crippen LogP contribution < -0.4 is 24.4 Å². The van der Waals surface area contributed by atoms with Crippen LogP contribution in [0.3, 0.4) is 0 Å². The largest absolute Gasteiger partial charge is 0.497 e. The van der Waals surface area contributed by atoms with Crippen LogP contribution in [0.15, 0.2) is 112 Å². The maximum Gasteiger partial charge on any atom is 0.343 e. The van der Waals surface area contributed by atoms with E-state index in [-0.39, 0.29) is 28.6 Å². The minimum atomic E-state index is -0.705. The zero-order valence-electron chi connectivity index (χ0n) is 24.0. The van der Waals surface area contributed by atoms with Gasteiger partial charge in [0.1, 0.15) is 11.5 Å². The first-order valence-corrected chi connectivity index (χ1v) is 15.0. The second-order valence-electron chi connectivity index (χ2n) is 10.7. The average Bonchev–Trinajstić information content (AvgIpc) is 3.38. The molecule has 1 aliphatic heterocycles. The summed E-state index contributed by atoms with van der Waals surface area (Å²) in [6, 6.07) is 27.9. The number of aryl methyl sites for hydroxylation is 1. The normalized spacial score (nSPS) is 15.4. The Kier molecular flexibility index (Phi) is 7.19. The molecule has 9 nitrogen and oxygen atoms in total. The molecule has 1 aliphatic carbocycles. The Labute approximate surface area is 260 Å². The van der Waals surface area contributed by atoms with Crippen LogP contribution in [0.2, 0.25) is 0 Å². The highest BCUT2D eigenvalue weighted by molar-refractivity contribution is 7.07. The number of benzene rings is 4. The zero-order chi connectivity index (χ0) is 31.1. The van der Waals surface area contributed by atoms with Crippen molar-refractivity contribution in [2.45, 2.75) is 18.9 Å². The van der Waals surface area contributed by atoms with Gasteiger partial charge in [0.2, 0.25) is 0 Å². The van der Waals surface area contributed by atoms with Crippen LogP contribution in [-0.2, 0) is 6.42 Å². The van der Waals surface area contributed by atoms with Crippen LogP contribution in [0.25, 0.3) is 11.8 Å². The maximum absolute atomic E-state index is 14.0. The number of nitro benzene ring substituents is 1. The number of aromatic nitrogens is 1. The van der Waals surface area contributed by atoms with Crippen molar-refractivity contribution in [1.82, 2.24) is 4.57 Å². The number of ether oxygens (including phenoxy) is 2. The molecule has 45 heavy (non-hydrogen) atoms. The van der Waals surface area contributed by atoms with E-state index < -0.39 is 10.9 Å². The predicted octanol–water partition coefficient (Wildman–Crippen LogP) is 5.45. The number of allylic oxidation sites excluding steroid dienone is 1. The van der Waals surface area contributed by atoms with E-state index in [0.29, 0.717) is 9.33 Å². The lowest BCUT2D eigenvalue weighted by molar-refractivity contribution is -0.384. The molecule has 4 aromatic carbocycles. The second kappa shape index (κ2) is 11.5. The van der Waals surface area contributed by atoms with Gasteiger partial charge in [-0.05, 0) is 71.5 Å². The summed E-state index contributed by atoms with van der Waals surface area (Å²) in [6.45, 7) is 0. The van der Waals surface area contributed by atoms with E-state index in [1.54, 1.807) is 42.0 Å². The molecule has 0 saturated carbocycles. The Balaban J connectivity index is 1.25. The summed E-state index contributed by atoms with van der Waals surface area (Å²) in [5.41, 5.74) is 5.88. The first-order chi connectivity index (χ1) is 21.9. The van der Waals surface area contributed by atoms with Gasteiger partial charge in [0, 0.05) is 17.7 Å². The molecule has 1 atom stereocenters. The predicted molar refractivity (Wildman–Crippen MR) is 170 cm³/mol. The monoisotopic (exact) mass is 615 g/mol. The molecule has 0 amide bonds. The van der Waals surface area contributed by atoms with Crippen LogP contribution in [-0.4, -0.2) is 22.6 Å². The van der Waals surface area contributed by atoms with Crippen LogP contribution in [0, 0.1) is 10.1 Å². The van der Waals surface area contributed by atoms with Gasteiger partial charge in [0.05, 0.1) is 33.9 Å². The lowest BCUT2D eigenvalue weighted by atomic mass is 9.83. The van der Waals surface area contributed by atoms with Crippen LogP contribution in [0.4, 0.5) is 5.69 Å². The molecule has 2 aliphatic rings. The first-order valence-electron chi connectivity index (χ1n) is 14.2. The molecular weight excluding hydrogens is 590 g/mol. The number of rotatable bonds is 6. The second-order valence-corrected chi connectivity index (χ2v) is 11.7. The number of carbonyl (C=O) groups is 1. The van der Waals surface area contributed by atoms with Gasteiger partial charge >= 0.3 is 5.97 Å². The quantitative estimate of drug-likeness (QED) is 0.109. The topological polar surface area (TPSA) is 113 Å². The van der Waals surface area contributed by atoms with Crippen molar-refractivity contribution >= 4 is 34.8 Å². The van der Waals surface area contributed by atoms with Crippen molar-refractivity contribution in [3.8, 4) is 11.5 Å². The lowest BCUT2D eigenvalue weighted by Crippen LogP contribution is -2.38. The van der Waals surface area contributed by atoms with Gasteiger partial charge in [0.15, 0.2) is 4.80 Å². The Morgan fingerprint density at radius 3 is 2.49 bits per heavy atom. The van der Waals surface area contributed by atoms with Gasteiger partial charge in [-0.2, -0.15) is 0 Å². The van der Waals surface area contributed by atoms with Gasteiger partial charge in [-0.1, -0.05) is 65.9 Å². The molecule has 0 unspecified atom stereocenters.